The van der Waals surface area contributed by atoms with Crippen LogP contribution in [0.2, 0.25) is 0 Å². The van der Waals surface area contributed by atoms with Crippen LogP contribution >= 0.6 is 0 Å². The van der Waals surface area contributed by atoms with Crippen LogP contribution in [-0.2, 0) is 0 Å². The van der Waals surface area contributed by atoms with Gasteiger partial charge in [-0.25, -0.2) is 0 Å². The van der Waals surface area contributed by atoms with Crippen molar-refractivity contribution in [2.45, 2.75) is 51.2 Å². The van der Waals surface area contributed by atoms with Crippen molar-refractivity contribution in [1.29, 1.82) is 0 Å². The van der Waals surface area contributed by atoms with Gasteiger partial charge in [-0.05, 0) is 46.2 Å². The first-order chi connectivity index (χ1) is 5.79. The third kappa shape index (κ3) is 1.38. The summed E-state index contributed by atoms with van der Waals surface area (Å²) < 4.78 is 0. The summed E-state index contributed by atoms with van der Waals surface area (Å²) in [7, 11) is 0. The molecule has 2 heteroatoms. The van der Waals surface area contributed by atoms with Gasteiger partial charge >= 0.3 is 0 Å². The van der Waals surface area contributed by atoms with Gasteiger partial charge in [-0.15, -0.1) is 0 Å². The Morgan fingerprint density at radius 3 is 2.92 bits per heavy atom. The van der Waals surface area contributed by atoms with Crippen molar-refractivity contribution in [1.82, 2.24) is 10.2 Å². The SMILES string of the molecule is CC(C)N1CCCC2NCCC21. The van der Waals surface area contributed by atoms with Crippen molar-refractivity contribution < 1.29 is 0 Å². The molecule has 0 radical (unpaired) electrons. The molecule has 0 aromatic carbocycles. The first kappa shape index (κ1) is 8.52. The Balaban J connectivity index is 2.03. The molecule has 0 aromatic heterocycles. The third-order valence-corrected chi connectivity index (χ3v) is 3.33. The van der Waals surface area contributed by atoms with E-state index < -0.39 is 0 Å². The van der Waals surface area contributed by atoms with Gasteiger partial charge in [-0.1, -0.05) is 0 Å². The number of piperidine rings is 1. The van der Waals surface area contributed by atoms with Crippen molar-refractivity contribution in [3.63, 3.8) is 0 Å². The van der Waals surface area contributed by atoms with Gasteiger partial charge in [0.25, 0.3) is 0 Å². The van der Waals surface area contributed by atoms with Crippen LogP contribution in [0.5, 0.6) is 0 Å². The minimum Gasteiger partial charge on any atom is -0.312 e. The number of likely N-dealkylation sites (tertiary alicyclic amines) is 1. The normalized spacial score (nSPS) is 37.2. The lowest BCUT2D eigenvalue weighted by Gasteiger charge is -2.40. The van der Waals surface area contributed by atoms with Crippen molar-refractivity contribution >= 4 is 0 Å². The van der Waals surface area contributed by atoms with Gasteiger partial charge in [-0.2, -0.15) is 0 Å². The monoisotopic (exact) mass is 168 g/mol. The Labute approximate surface area is 75.3 Å². The zero-order valence-electron chi connectivity index (χ0n) is 8.21. The lowest BCUT2D eigenvalue weighted by Crippen LogP contribution is -2.51. The summed E-state index contributed by atoms with van der Waals surface area (Å²) in [6.45, 7) is 7.19. The molecule has 0 aliphatic carbocycles. The fraction of sp³-hybridized carbons (Fsp3) is 1.00. The van der Waals surface area contributed by atoms with Gasteiger partial charge in [0, 0.05) is 18.1 Å². The quantitative estimate of drug-likeness (QED) is 0.633. The van der Waals surface area contributed by atoms with Crippen LogP contribution in [-0.4, -0.2) is 36.1 Å². The predicted octanol–water partition coefficient (Wildman–Crippen LogP) is 1.22. The molecule has 2 nitrogen and oxygen atoms in total. The number of rotatable bonds is 1. The van der Waals surface area contributed by atoms with E-state index in [1.807, 2.05) is 0 Å². The summed E-state index contributed by atoms with van der Waals surface area (Å²) in [5, 5.41) is 3.60. The molecule has 12 heavy (non-hydrogen) atoms. The maximum Gasteiger partial charge on any atom is 0.0264 e. The Bertz CT molecular complexity index is 156. The molecule has 2 fully saturated rings. The molecule has 2 rings (SSSR count). The van der Waals surface area contributed by atoms with E-state index in [0.717, 1.165) is 18.1 Å². The van der Waals surface area contributed by atoms with E-state index in [-0.39, 0.29) is 0 Å². The molecule has 0 aromatic rings. The van der Waals surface area contributed by atoms with Crippen LogP contribution in [0.3, 0.4) is 0 Å². The van der Waals surface area contributed by atoms with Crippen molar-refractivity contribution in [2.75, 3.05) is 13.1 Å². The van der Waals surface area contributed by atoms with Crippen LogP contribution in [0, 0.1) is 0 Å². The molecule has 70 valence electrons. The molecule has 2 saturated heterocycles. The van der Waals surface area contributed by atoms with E-state index >= 15 is 0 Å². The molecule has 2 heterocycles. The molecule has 2 atom stereocenters. The predicted molar refractivity (Wildman–Crippen MR) is 51.3 cm³/mol. The first-order valence-electron chi connectivity index (χ1n) is 5.28. The summed E-state index contributed by atoms with van der Waals surface area (Å²) in [6, 6.07) is 2.39. The van der Waals surface area contributed by atoms with Crippen LogP contribution < -0.4 is 5.32 Å². The van der Waals surface area contributed by atoms with Gasteiger partial charge < -0.3 is 5.32 Å². The average Bonchev–Trinajstić information content (AvgIpc) is 2.49. The molecular weight excluding hydrogens is 148 g/mol. The highest BCUT2D eigenvalue weighted by atomic mass is 15.2. The zero-order valence-corrected chi connectivity index (χ0v) is 8.21. The van der Waals surface area contributed by atoms with Gasteiger partial charge in [-0.3, -0.25) is 4.90 Å². The van der Waals surface area contributed by atoms with Gasteiger partial charge in [0.1, 0.15) is 0 Å². The van der Waals surface area contributed by atoms with Crippen molar-refractivity contribution in [3.8, 4) is 0 Å². The van der Waals surface area contributed by atoms with Crippen molar-refractivity contribution in [2.24, 2.45) is 0 Å². The fourth-order valence-electron chi connectivity index (χ4n) is 2.75. The number of hydrogen-bond donors (Lipinski definition) is 1. The van der Waals surface area contributed by atoms with Gasteiger partial charge in [0.2, 0.25) is 0 Å². The summed E-state index contributed by atoms with van der Waals surface area (Å²) in [4.78, 5) is 2.67. The smallest absolute Gasteiger partial charge is 0.0264 e. The van der Waals surface area contributed by atoms with Gasteiger partial charge in [0.15, 0.2) is 0 Å². The summed E-state index contributed by atoms with van der Waals surface area (Å²) in [5.41, 5.74) is 0. The second-order valence-corrected chi connectivity index (χ2v) is 4.39. The second kappa shape index (κ2) is 3.35. The van der Waals surface area contributed by atoms with E-state index in [2.05, 4.69) is 24.1 Å². The Hall–Kier alpha value is -0.0800. The molecule has 2 aliphatic rings. The van der Waals surface area contributed by atoms with Gasteiger partial charge in [0.05, 0.1) is 0 Å². The topological polar surface area (TPSA) is 15.3 Å². The Kier molecular flexibility index (Phi) is 2.37. The maximum absolute atomic E-state index is 3.60. The largest absolute Gasteiger partial charge is 0.312 e. The van der Waals surface area contributed by atoms with Crippen LogP contribution in [0.1, 0.15) is 33.1 Å². The molecule has 0 bridgehead atoms. The van der Waals surface area contributed by atoms with Crippen LogP contribution in [0.15, 0.2) is 0 Å². The Morgan fingerprint density at radius 2 is 2.17 bits per heavy atom. The first-order valence-corrected chi connectivity index (χ1v) is 5.28. The summed E-state index contributed by atoms with van der Waals surface area (Å²) in [6.07, 6.45) is 4.14. The molecule has 0 spiro atoms. The molecule has 0 saturated carbocycles. The number of nitrogens with one attached hydrogen (secondary N) is 1. The summed E-state index contributed by atoms with van der Waals surface area (Å²) >= 11 is 0. The number of hydrogen-bond acceptors (Lipinski definition) is 2. The minimum atomic E-state index is 0.734. The lowest BCUT2D eigenvalue weighted by molar-refractivity contribution is 0.104. The zero-order chi connectivity index (χ0) is 8.55. The van der Waals surface area contributed by atoms with E-state index in [1.165, 1.54) is 32.4 Å². The average molecular weight is 168 g/mol. The van der Waals surface area contributed by atoms with E-state index in [4.69, 9.17) is 0 Å². The number of fused-ring (bicyclic) bond motifs is 1. The van der Waals surface area contributed by atoms with Crippen LogP contribution in [0.4, 0.5) is 0 Å². The minimum absolute atomic E-state index is 0.734. The van der Waals surface area contributed by atoms with E-state index in [9.17, 15) is 0 Å². The lowest BCUT2D eigenvalue weighted by atomic mass is 9.96. The van der Waals surface area contributed by atoms with Crippen LogP contribution in [0.25, 0.3) is 0 Å². The summed E-state index contributed by atoms with van der Waals surface area (Å²) in [5.74, 6) is 0. The highest BCUT2D eigenvalue weighted by Crippen LogP contribution is 2.25. The van der Waals surface area contributed by atoms with E-state index in [1.54, 1.807) is 0 Å². The molecule has 0 amide bonds. The molecule has 2 unspecified atom stereocenters. The van der Waals surface area contributed by atoms with E-state index in [0.29, 0.717) is 0 Å². The standard InChI is InChI=1S/C10H20N2/c1-8(2)12-7-3-4-9-10(12)5-6-11-9/h8-11H,3-7H2,1-2H3. The third-order valence-electron chi connectivity index (χ3n) is 3.33. The molecule has 2 aliphatic heterocycles. The fourth-order valence-corrected chi connectivity index (χ4v) is 2.75. The molecule has 1 N–H and O–H groups in total. The highest BCUT2D eigenvalue weighted by Gasteiger charge is 2.35. The van der Waals surface area contributed by atoms with Crippen molar-refractivity contribution in [3.05, 3.63) is 0 Å². The molecular formula is C10H20N2. The number of nitrogens with zero attached hydrogens (tertiary/aromatic N) is 1. The second-order valence-electron chi connectivity index (χ2n) is 4.39. The highest BCUT2D eigenvalue weighted by molar-refractivity contribution is 4.95. The maximum atomic E-state index is 3.60. The Morgan fingerprint density at radius 1 is 1.33 bits per heavy atom.